The summed E-state index contributed by atoms with van der Waals surface area (Å²) >= 11 is 0. The Morgan fingerprint density at radius 2 is 2.19 bits per heavy atom. The van der Waals surface area contributed by atoms with E-state index < -0.39 is 5.97 Å². The number of hydrogen-bond acceptors (Lipinski definition) is 4. The highest BCUT2D eigenvalue weighted by molar-refractivity contribution is 6.04. The van der Waals surface area contributed by atoms with Crippen LogP contribution < -0.4 is 5.73 Å². The molecule has 82 valence electrons. The van der Waals surface area contributed by atoms with Crippen LogP contribution in [0.2, 0.25) is 0 Å². The third-order valence-corrected chi connectivity index (χ3v) is 2.47. The lowest BCUT2D eigenvalue weighted by molar-refractivity contribution is 0.0603. The summed E-state index contributed by atoms with van der Waals surface area (Å²) in [6.45, 7) is 1.93. The van der Waals surface area contributed by atoms with Gasteiger partial charge in [-0.1, -0.05) is 18.2 Å². The van der Waals surface area contributed by atoms with E-state index in [2.05, 4.69) is 4.98 Å². The van der Waals surface area contributed by atoms with Gasteiger partial charge in [-0.3, -0.25) is 0 Å². The molecular formula is C12H12N2O2. The van der Waals surface area contributed by atoms with E-state index in [1.807, 2.05) is 25.1 Å². The van der Waals surface area contributed by atoms with Crippen LogP contribution in [-0.2, 0) is 4.74 Å². The average molecular weight is 216 g/mol. The van der Waals surface area contributed by atoms with Crippen molar-refractivity contribution >= 4 is 22.7 Å². The fraction of sp³-hybridized carbons (Fsp3) is 0.167. The van der Waals surface area contributed by atoms with Crippen molar-refractivity contribution in [2.24, 2.45) is 0 Å². The molecule has 0 atom stereocenters. The van der Waals surface area contributed by atoms with Crippen LogP contribution in [0.15, 0.2) is 24.3 Å². The van der Waals surface area contributed by atoms with Crippen molar-refractivity contribution in [3.63, 3.8) is 0 Å². The van der Waals surface area contributed by atoms with Crippen LogP contribution in [0.3, 0.4) is 0 Å². The first-order chi connectivity index (χ1) is 7.63. The molecule has 4 nitrogen and oxygen atoms in total. The molecule has 0 spiro atoms. The molecule has 0 aliphatic carbocycles. The lowest BCUT2D eigenvalue weighted by Gasteiger charge is -2.07. The molecular weight excluding hydrogens is 204 g/mol. The number of ether oxygens (including phenoxy) is 1. The van der Waals surface area contributed by atoms with Gasteiger partial charge < -0.3 is 10.5 Å². The summed E-state index contributed by atoms with van der Waals surface area (Å²) in [5.41, 5.74) is 7.84. The number of nitrogens with zero attached hydrogens (tertiary/aromatic N) is 1. The first kappa shape index (κ1) is 10.4. The van der Waals surface area contributed by atoms with Crippen LogP contribution in [0.1, 0.15) is 15.9 Å². The molecule has 0 bridgehead atoms. The summed E-state index contributed by atoms with van der Waals surface area (Å²) in [7, 11) is 1.35. The molecule has 0 saturated carbocycles. The first-order valence-corrected chi connectivity index (χ1v) is 4.87. The Labute approximate surface area is 93.0 Å². The minimum atomic E-state index is -0.398. The zero-order valence-corrected chi connectivity index (χ0v) is 9.15. The molecule has 0 aliphatic heterocycles. The second-order valence-corrected chi connectivity index (χ2v) is 3.56. The Morgan fingerprint density at radius 1 is 1.44 bits per heavy atom. The molecule has 0 amide bonds. The lowest BCUT2D eigenvalue weighted by atomic mass is 10.1. The molecule has 0 aliphatic rings. The number of rotatable bonds is 1. The number of aromatic nitrogens is 1. The molecule has 2 rings (SSSR count). The van der Waals surface area contributed by atoms with Gasteiger partial charge >= 0.3 is 5.97 Å². The number of aryl methyl sites for hydroxylation is 1. The standard InChI is InChI=1S/C12H12N2O2/c1-7-4-3-5-8-9(12(15)16-2)6-10(13)14-11(7)8/h3-6H,1-2H3,(H2,13,14). The van der Waals surface area contributed by atoms with Crippen molar-refractivity contribution in [2.45, 2.75) is 6.92 Å². The van der Waals surface area contributed by atoms with Gasteiger partial charge in [-0.2, -0.15) is 0 Å². The molecule has 0 fully saturated rings. The summed E-state index contributed by atoms with van der Waals surface area (Å²) in [4.78, 5) is 15.8. The van der Waals surface area contributed by atoms with Gasteiger partial charge in [0.05, 0.1) is 18.2 Å². The van der Waals surface area contributed by atoms with Gasteiger partial charge in [-0.15, -0.1) is 0 Å². The van der Waals surface area contributed by atoms with Gasteiger partial charge in [0.15, 0.2) is 0 Å². The van der Waals surface area contributed by atoms with Crippen molar-refractivity contribution in [3.8, 4) is 0 Å². The number of benzene rings is 1. The van der Waals surface area contributed by atoms with Gasteiger partial charge in [0, 0.05) is 5.39 Å². The topological polar surface area (TPSA) is 65.2 Å². The van der Waals surface area contributed by atoms with Crippen molar-refractivity contribution < 1.29 is 9.53 Å². The van der Waals surface area contributed by atoms with Crippen molar-refractivity contribution in [3.05, 3.63) is 35.4 Å². The van der Waals surface area contributed by atoms with E-state index in [-0.39, 0.29) is 0 Å². The summed E-state index contributed by atoms with van der Waals surface area (Å²) in [5.74, 6) is -0.0769. The number of hydrogen-bond donors (Lipinski definition) is 1. The van der Waals surface area contributed by atoms with E-state index in [1.54, 1.807) is 0 Å². The van der Waals surface area contributed by atoms with Gasteiger partial charge in [0.1, 0.15) is 5.82 Å². The molecule has 1 heterocycles. The maximum absolute atomic E-state index is 11.6. The lowest BCUT2D eigenvalue weighted by Crippen LogP contribution is -2.05. The van der Waals surface area contributed by atoms with Gasteiger partial charge in [0.25, 0.3) is 0 Å². The second-order valence-electron chi connectivity index (χ2n) is 3.56. The minimum Gasteiger partial charge on any atom is -0.465 e. The summed E-state index contributed by atoms with van der Waals surface area (Å²) < 4.78 is 4.72. The number of carbonyl (C=O) groups excluding carboxylic acids is 1. The van der Waals surface area contributed by atoms with Crippen molar-refractivity contribution in [2.75, 3.05) is 12.8 Å². The Morgan fingerprint density at radius 3 is 2.88 bits per heavy atom. The normalized spacial score (nSPS) is 10.4. The van der Waals surface area contributed by atoms with Gasteiger partial charge in [-0.25, -0.2) is 9.78 Å². The molecule has 0 unspecified atom stereocenters. The number of esters is 1. The van der Waals surface area contributed by atoms with E-state index >= 15 is 0 Å². The van der Waals surface area contributed by atoms with E-state index in [0.29, 0.717) is 11.4 Å². The number of anilines is 1. The monoisotopic (exact) mass is 216 g/mol. The van der Waals surface area contributed by atoms with E-state index in [0.717, 1.165) is 16.5 Å². The van der Waals surface area contributed by atoms with Gasteiger partial charge in [0.2, 0.25) is 0 Å². The SMILES string of the molecule is COC(=O)c1cc(N)nc2c(C)cccc12. The quantitative estimate of drug-likeness (QED) is 0.739. The highest BCUT2D eigenvalue weighted by Gasteiger charge is 2.13. The molecule has 4 heteroatoms. The van der Waals surface area contributed by atoms with Crippen LogP contribution in [-0.4, -0.2) is 18.1 Å². The summed E-state index contributed by atoms with van der Waals surface area (Å²) in [6.07, 6.45) is 0. The van der Waals surface area contributed by atoms with Crippen molar-refractivity contribution in [1.29, 1.82) is 0 Å². The fourth-order valence-corrected chi connectivity index (χ4v) is 1.69. The number of nitrogen functional groups attached to an aromatic ring is 1. The largest absolute Gasteiger partial charge is 0.465 e. The molecule has 0 saturated heterocycles. The second kappa shape index (κ2) is 3.81. The minimum absolute atomic E-state index is 0.321. The van der Waals surface area contributed by atoms with Crippen LogP contribution >= 0.6 is 0 Å². The average Bonchev–Trinajstić information content (AvgIpc) is 2.28. The Balaban J connectivity index is 2.83. The van der Waals surface area contributed by atoms with Gasteiger partial charge in [-0.05, 0) is 18.6 Å². The maximum Gasteiger partial charge on any atom is 0.338 e. The highest BCUT2D eigenvalue weighted by Crippen LogP contribution is 2.22. The number of fused-ring (bicyclic) bond motifs is 1. The number of carbonyl (C=O) groups is 1. The molecule has 2 N–H and O–H groups in total. The Bertz CT molecular complexity index is 564. The van der Waals surface area contributed by atoms with E-state index in [4.69, 9.17) is 10.5 Å². The predicted octanol–water partition coefficient (Wildman–Crippen LogP) is 1.91. The Kier molecular flexibility index (Phi) is 2.48. The third kappa shape index (κ3) is 1.58. The van der Waals surface area contributed by atoms with E-state index in [9.17, 15) is 4.79 Å². The van der Waals surface area contributed by atoms with Crippen LogP contribution in [0, 0.1) is 6.92 Å². The summed E-state index contributed by atoms with van der Waals surface area (Å²) in [5, 5.41) is 0.765. The molecule has 0 radical (unpaired) electrons. The van der Waals surface area contributed by atoms with Crippen molar-refractivity contribution in [1.82, 2.24) is 4.98 Å². The zero-order valence-electron chi connectivity index (χ0n) is 9.15. The predicted molar refractivity (Wildman–Crippen MR) is 62.2 cm³/mol. The fourth-order valence-electron chi connectivity index (χ4n) is 1.69. The molecule has 16 heavy (non-hydrogen) atoms. The first-order valence-electron chi connectivity index (χ1n) is 4.87. The molecule has 1 aromatic heterocycles. The van der Waals surface area contributed by atoms with Crippen LogP contribution in [0.5, 0.6) is 0 Å². The number of nitrogens with two attached hydrogens (primary N) is 1. The summed E-state index contributed by atoms with van der Waals surface area (Å²) in [6, 6.07) is 7.17. The maximum atomic E-state index is 11.6. The number of pyridine rings is 1. The molecule has 1 aromatic carbocycles. The smallest absolute Gasteiger partial charge is 0.338 e. The third-order valence-electron chi connectivity index (χ3n) is 2.47. The zero-order chi connectivity index (χ0) is 11.7. The Hall–Kier alpha value is -2.10. The van der Waals surface area contributed by atoms with E-state index in [1.165, 1.54) is 13.2 Å². The van der Waals surface area contributed by atoms with Crippen LogP contribution in [0.25, 0.3) is 10.9 Å². The highest BCUT2D eigenvalue weighted by atomic mass is 16.5. The molecule has 2 aromatic rings. The van der Waals surface area contributed by atoms with Crippen LogP contribution in [0.4, 0.5) is 5.82 Å². The number of methoxy groups -OCH3 is 1. The number of para-hydroxylation sites is 1.